The van der Waals surface area contributed by atoms with E-state index in [9.17, 15) is 22.4 Å². The molecule has 0 aliphatic heterocycles. The predicted molar refractivity (Wildman–Crippen MR) is 92.1 cm³/mol. The minimum Gasteiger partial charge on any atom is -0.304 e. The molecule has 1 N–H and O–H groups in total. The van der Waals surface area contributed by atoms with Gasteiger partial charge in [0.15, 0.2) is 5.82 Å². The molecule has 140 valence electrons. The number of nitrogens with one attached hydrogen (secondary N) is 1. The smallest absolute Gasteiger partial charge is 0.304 e. The number of nitrogens with zero attached hydrogens (tertiary/aromatic N) is 2. The zero-order valence-electron chi connectivity index (χ0n) is 13.6. The Morgan fingerprint density at radius 1 is 1.15 bits per heavy atom. The van der Waals surface area contributed by atoms with Crippen LogP contribution in [-0.2, 0) is 12.7 Å². The highest BCUT2D eigenvalue weighted by Gasteiger charge is 2.31. The molecule has 0 aliphatic carbocycles. The number of benzene rings is 2. The molecule has 3 rings (SSSR count). The quantitative estimate of drug-likeness (QED) is 0.630. The zero-order chi connectivity index (χ0) is 19.6. The van der Waals surface area contributed by atoms with Gasteiger partial charge in [0, 0.05) is 17.3 Å². The normalized spacial score (nSPS) is 11.4. The molecule has 9 heteroatoms. The fourth-order valence-corrected chi connectivity index (χ4v) is 2.58. The van der Waals surface area contributed by atoms with Gasteiger partial charge in [-0.05, 0) is 24.3 Å². The average molecular weight is 398 g/mol. The number of carbonyl (C=O) groups excluding carboxylic acids is 1. The highest BCUT2D eigenvalue weighted by molar-refractivity contribution is 6.33. The van der Waals surface area contributed by atoms with E-state index in [2.05, 4.69) is 10.4 Å². The maximum absolute atomic E-state index is 13.7. The fourth-order valence-electron chi connectivity index (χ4n) is 2.38. The van der Waals surface area contributed by atoms with Crippen molar-refractivity contribution in [2.45, 2.75) is 12.7 Å². The Morgan fingerprint density at radius 3 is 2.59 bits per heavy atom. The SMILES string of the molecule is O=C(Nc1nn(Cc2ccccc2F)cc1Cl)c1cccc(C(F)(F)F)c1. The summed E-state index contributed by atoms with van der Waals surface area (Å²) in [5.41, 5.74) is -0.761. The van der Waals surface area contributed by atoms with Crippen LogP contribution in [0.4, 0.5) is 23.4 Å². The van der Waals surface area contributed by atoms with Gasteiger partial charge < -0.3 is 5.32 Å². The van der Waals surface area contributed by atoms with Gasteiger partial charge in [0.2, 0.25) is 0 Å². The van der Waals surface area contributed by atoms with Crippen LogP contribution in [0, 0.1) is 5.82 Å². The van der Waals surface area contributed by atoms with Crippen molar-refractivity contribution in [2.24, 2.45) is 0 Å². The van der Waals surface area contributed by atoms with Crippen molar-refractivity contribution in [1.82, 2.24) is 9.78 Å². The van der Waals surface area contributed by atoms with Crippen LogP contribution in [0.15, 0.2) is 54.7 Å². The molecule has 1 heterocycles. The van der Waals surface area contributed by atoms with Gasteiger partial charge in [-0.3, -0.25) is 9.48 Å². The van der Waals surface area contributed by atoms with Gasteiger partial charge in [0.05, 0.1) is 12.1 Å². The lowest BCUT2D eigenvalue weighted by atomic mass is 10.1. The molecule has 27 heavy (non-hydrogen) atoms. The predicted octanol–water partition coefficient (Wildman–Crippen LogP) is 5.00. The van der Waals surface area contributed by atoms with Crippen LogP contribution in [0.3, 0.4) is 0 Å². The largest absolute Gasteiger partial charge is 0.416 e. The topological polar surface area (TPSA) is 46.9 Å². The Balaban J connectivity index is 1.77. The second kappa shape index (κ2) is 7.40. The minimum absolute atomic E-state index is 0.0320. The number of hydrogen-bond donors (Lipinski definition) is 1. The summed E-state index contributed by atoms with van der Waals surface area (Å²) >= 11 is 6.01. The first-order chi connectivity index (χ1) is 12.7. The summed E-state index contributed by atoms with van der Waals surface area (Å²) in [5.74, 6) is -1.24. The molecular weight excluding hydrogens is 386 g/mol. The van der Waals surface area contributed by atoms with E-state index >= 15 is 0 Å². The standard InChI is InChI=1S/C18H12ClF4N3O/c19-14-10-26(9-12-4-1-2-7-15(12)20)25-16(14)24-17(27)11-5-3-6-13(8-11)18(21,22)23/h1-8,10H,9H2,(H,24,25,27). The molecule has 2 aromatic carbocycles. The maximum Gasteiger partial charge on any atom is 0.416 e. The van der Waals surface area contributed by atoms with Crippen LogP contribution >= 0.6 is 11.6 Å². The molecule has 0 spiro atoms. The van der Waals surface area contributed by atoms with Gasteiger partial charge in [0.1, 0.15) is 10.8 Å². The molecule has 0 aliphatic rings. The van der Waals surface area contributed by atoms with Gasteiger partial charge >= 0.3 is 6.18 Å². The summed E-state index contributed by atoms with van der Waals surface area (Å²) in [6.45, 7) is 0.0752. The summed E-state index contributed by atoms with van der Waals surface area (Å²) in [7, 11) is 0. The van der Waals surface area contributed by atoms with E-state index < -0.39 is 23.5 Å². The molecule has 0 radical (unpaired) electrons. The van der Waals surface area contributed by atoms with Gasteiger partial charge in [-0.15, -0.1) is 0 Å². The van der Waals surface area contributed by atoms with Crippen molar-refractivity contribution < 1.29 is 22.4 Å². The second-order valence-electron chi connectivity index (χ2n) is 5.65. The summed E-state index contributed by atoms with van der Waals surface area (Å²) in [6, 6.07) is 10.1. The molecule has 0 atom stereocenters. The first-order valence-corrected chi connectivity index (χ1v) is 8.07. The lowest BCUT2D eigenvalue weighted by Gasteiger charge is -2.08. The van der Waals surface area contributed by atoms with Crippen LogP contribution < -0.4 is 5.32 Å². The van der Waals surface area contributed by atoms with Crippen molar-refractivity contribution in [3.05, 3.63) is 82.3 Å². The number of aromatic nitrogens is 2. The van der Waals surface area contributed by atoms with Crippen molar-refractivity contribution in [2.75, 3.05) is 5.32 Å². The molecule has 4 nitrogen and oxygen atoms in total. The fraction of sp³-hybridized carbons (Fsp3) is 0.111. The van der Waals surface area contributed by atoms with Crippen LogP contribution in [-0.4, -0.2) is 15.7 Å². The lowest BCUT2D eigenvalue weighted by molar-refractivity contribution is -0.137. The Labute approximate surface area is 156 Å². The van der Waals surface area contributed by atoms with E-state index in [1.165, 1.54) is 23.0 Å². The molecule has 0 unspecified atom stereocenters. The molecule has 0 bridgehead atoms. The third-order valence-electron chi connectivity index (χ3n) is 3.69. The number of amides is 1. The minimum atomic E-state index is -4.56. The van der Waals surface area contributed by atoms with Crippen molar-refractivity contribution in [3.8, 4) is 0 Å². The van der Waals surface area contributed by atoms with Crippen LogP contribution in [0.5, 0.6) is 0 Å². The molecule has 0 saturated heterocycles. The molecule has 0 fully saturated rings. The highest BCUT2D eigenvalue weighted by atomic mass is 35.5. The van der Waals surface area contributed by atoms with E-state index in [4.69, 9.17) is 11.6 Å². The zero-order valence-corrected chi connectivity index (χ0v) is 14.4. The Kier molecular flexibility index (Phi) is 5.18. The number of alkyl halides is 3. The summed E-state index contributed by atoms with van der Waals surface area (Å²) < 4.78 is 53.3. The van der Waals surface area contributed by atoms with E-state index in [0.29, 0.717) is 5.56 Å². The summed E-state index contributed by atoms with van der Waals surface area (Å²) in [4.78, 5) is 12.2. The maximum atomic E-state index is 13.7. The highest BCUT2D eigenvalue weighted by Crippen LogP contribution is 2.30. The van der Waals surface area contributed by atoms with Crippen LogP contribution in [0.25, 0.3) is 0 Å². The molecule has 1 amide bonds. The van der Waals surface area contributed by atoms with Crippen LogP contribution in [0.1, 0.15) is 21.5 Å². The van der Waals surface area contributed by atoms with Crippen LogP contribution in [0.2, 0.25) is 5.02 Å². The molecule has 3 aromatic rings. The van der Waals surface area contributed by atoms with Gasteiger partial charge in [0.25, 0.3) is 5.91 Å². The van der Waals surface area contributed by atoms with E-state index in [1.54, 1.807) is 18.2 Å². The summed E-state index contributed by atoms with van der Waals surface area (Å²) in [6.07, 6.45) is -3.18. The number of carbonyl (C=O) groups is 1. The number of anilines is 1. The lowest BCUT2D eigenvalue weighted by Crippen LogP contribution is -2.15. The first-order valence-electron chi connectivity index (χ1n) is 7.69. The Morgan fingerprint density at radius 2 is 1.89 bits per heavy atom. The third-order valence-corrected chi connectivity index (χ3v) is 3.97. The monoisotopic (exact) mass is 397 g/mol. The summed E-state index contributed by atoms with van der Waals surface area (Å²) in [5, 5.41) is 6.48. The van der Waals surface area contributed by atoms with Gasteiger partial charge in [-0.25, -0.2) is 4.39 Å². The Bertz CT molecular complexity index is 985. The molecular formula is C18H12ClF4N3O. The number of halogens is 5. The van der Waals surface area contributed by atoms with E-state index in [0.717, 1.165) is 18.2 Å². The van der Waals surface area contributed by atoms with Crippen molar-refractivity contribution in [3.63, 3.8) is 0 Å². The number of rotatable bonds is 4. The second-order valence-corrected chi connectivity index (χ2v) is 6.05. The van der Waals surface area contributed by atoms with Crippen molar-refractivity contribution in [1.29, 1.82) is 0 Å². The van der Waals surface area contributed by atoms with E-state index in [1.807, 2.05) is 0 Å². The number of hydrogen-bond acceptors (Lipinski definition) is 2. The third kappa shape index (κ3) is 4.46. The van der Waals surface area contributed by atoms with E-state index in [-0.39, 0.29) is 22.9 Å². The van der Waals surface area contributed by atoms with Crippen molar-refractivity contribution >= 4 is 23.3 Å². The van der Waals surface area contributed by atoms with Gasteiger partial charge in [-0.1, -0.05) is 35.9 Å². The Hall–Kier alpha value is -2.87. The van der Waals surface area contributed by atoms with Gasteiger partial charge in [-0.2, -0.15) is 18.3 Å². The molecule has 1 aromatic heterocycles. The average Bonchev–Trinajstić information content (AvgIpc) is 2.95. The molecule has 0 saturated carbocycles. The first kappa shape index (κ1) is 18.9.